The first-order chi connectivity index (χ1) is 11.5. The summed E-state index contributed by atoms with van der Waals surface area (Å²) in [7, 11) is 7.49. The normalized spacial score (nSPS) is 12.0. The number of methoxy groups -OCH3 is 1. The van der Waals surface area contributed by atoms with E-state index >= 15 is 0 Å². The van der Waals surface area contributed by atoms with Crippen molar-refractivity contribution in [3.05, 3.63) is 52.2 Å². The van der Waals surface area contributed by atoms with Crippen LogP contribution in [0.3, 0.4) is 0 Å². The number of benzene rings is 1. The van der Waals surface area contributed by atoms with Crippen LogP contribution < -0.4 is 10.1 Å². The standard InChI is InChI=1S/C18H25N3O2S/c1-20(2)16(17-9-6-10-24-17)12-19-18(22)21(3)13-14-7-5-8-15(11-14)23-4/h5-11,16H,12-13H2,1-4H3,(H,19,22). The monoisotopic (exact) mass is 347 g/mol. The SMILES string of the molecule is COc1cccc(CN(C)C(=O)NCC(c2cccs2)N(C)C)c1. The maximum Gasteiger partial charge on any atom is 0.317 e. The van der Waals surface area contributed by atoms with Gasteiger partial charge in [-0.3, -0.25) is 0 Å². The molecule has 0 bridgehead atoms. The second kappa shape index (κ2) is 8.70. The van der Waals surface area contributed by atoms with Crippen molar-refractivity contribution in [2.75, 3.05) is 34.8 Å². The van der Waals surface area contributed by atoms with Gasteiger partial charge in [-0.05, 0) is 43.2 Å². The second-order valence-corrected chi connectivity index (χ2v) is 6.87. The van der Waals surface area contributed by atoms with Gasteiger partial charge in [0.05, 0.1) is 13.2 Å². The van der Waals surface area contributed by atoms with E-state index in [4.69, 9.17) is 4.74 Å². The molecular weight excluding hydrogens is 322 g/mol. The molecule has 24 heavy (non-hydrogen) atoms. The lowest BCUT2D eigenvalue weighted by Crippen LogP contribution is -2.41. The van der Waals surface area contributed by atoms with E-state index in [1.807, 2.05) is 44.4 Å². The summed E-state index contributed by atoms with van der Waals surface area (Å²) in [5.41, 5.74) is 1.04. The molecule has 0 fully saturated rings. The van der Waals surface area contributed by atoms with Crippen LogP contribution in [-0.4, -0.2) is 50.6 Å². The molecule has 1 heterocycles. The molecule has 1 unspecified atom stereocenters. The lowest BCUT2D eigenvalue weighted by atomic mass is 10.2. The Morgan fingerprint density at radius 1 is 1.25 bits per heavy atom. The number of nitrogens with zero attached hydrogens (tertiary/aromatic N) is 2. The van der Waals surface area contributed by atoms with E-state index in [1.54, 1.807) is 30.4 Å². The van der Waals surface area contributed by atoms with E-state index < -0.39 is 0 Å². The largest absolute Gasteiger partial charge is 0.497 e. The van der Waals surface area contributed by atoms with Gasteiger partial charge >= 0.3 is 6.03 Å². The quantitative estimate of drug-likeness (QED) is 0.836. The summed E-state index contributed by atoms with van der Waals surface area (Å²) in [6.45, 7) is 1.11. The Morgan fingerprint density at radius 2 is 2.04 bits per heavy atom. The number of thiophene rings is 1. The van der Waals surface area contributed by atoms with Crippen molar-refractivity contribution in [2.24, 2.45) is 0 Å². The minimum atomic E-state index is -0.0822. The molecule has 1 atom stereocenters. The van der Waals surface area contributed by atoms with E-state index in [2.05, 4.69) is 21.7 Å². The van der Waals surface area contributed by atoms with Crippen molar-refractivity contribution < 1.29 is 9.53 Å². The fraction of sp³-hybridized carbons (Fsp3) is 0.389. The first-order valence-corrected chi connectivity index (χ1v) is 8.71. The van der Waals surface area contributed by atoms with Gasteiger partial charge in [0.15, 0.2) is 0 Å². The molecule has 2 amide bonds. The first-order valence-electron chi connectivity index (χ1n) is 7.83. The van der Waals surface area contributed by atoms with Crippen LogP contribution in [0.1, 0.15) is 16.5 Å². The number of carbonyl (C=O) groups is 1. The molecule has 0 saturated carbocycles. The van der Waals surface area contributed by atoms with Crippen LogP contribution in [0.25, 0.3) is 0 Å². The summed E-state index contributed by atoms with van der Waals surface area (Å²) >= 11 is 1.71. The summed E-state index contributed by atoms with van der Waals surface area (Å²) in [6, 6.07) is 12.0. The Bertz CT molecular complexity index is 643. The highest BCUT2D eigenvalue weighted by atomic mass is 32.1. The van der Waals surface area contributed by atoms with Crippen LogP contribution in [-0.2, 0) is 6.54 Å². The van der Waals surface area contributed by atoms with Crippen molar-refractivity contribution >= 4 is 17.4 Å². The number of hydrogen-bond acceptors (Lipinski definition) is 4. The summed E-state index contributed by atoms with van der Waals surface area (Å²) in [4.78, 5) is 17.4. The topological polar surface area (TPSA) is 44.8 Å². The number of urea groups is 1. The number of hydrogen-bond donors (Lipinski definition) is 1. The maximum absolute atomic E-state index is 12.4. The maximum atomic E-state index is 12.4. The lowest BCUT2D eigenvalue weighted by Gasteiger charge is -2.25. The Balaban J connectivity index is 1.91. The third-order valence-corrected chi connectivity index (χ3v) is 4.82. The van der Waals surface area contributed by atoms with Gasteiger partial charge in [0.25, 0.3) is 0 Å². The molecule has 1 aromatic carbocycles. The molecule has 1 N–H and O–H groups in total. The number of ether oxygens (including phenoxy) is 1. The van der Waals surface area contributed by atoms with E-state index in [0.29, 0.717) is 13.1 Å². The van der Waals surface area contributed by atoms with Gasteiger partial charge in [0.1, 0.15) is 5.75 Å². The van der Waals surface area contributed by atoms with Crippen LogP contribution >= 0.6 is 11.3 Å². The smallest absolute Gasteiger partial charge is 0.317 e. The molecule has 130 valence electrons. The number of amides is 2. The highest BCUT2D eigenvalue weighted by Crippen LogP contribution is 2.22. The molecule has 0 radical (unpaired) electrons. The second-order valence-electron chi connectivity index (χ2n) is 5.89. The number of nitrogens with one attached hydrogen (secondary N) is 1. The van der Waals surface area contributed by atoms with Gasteiger partial charge < -0.3 is 19.9 Å². The molecule has 2 rings (SSSR count). The summed E-state index contributed by atoms with van der Waals surface area (Å²) in [5, 5.41) is 5.08. The minimum Gasteiger partial charge on any atom is -0.497 e. The van der Waals surface area contributed by atoms with Gasteiger partial charge in [-0.1, -0.05) is 18.2 Å². The van der Waals surface area contributed by atoms with Crippen molar-refractivity contribution in [1.29, 1.82) is 0 Å². The molecule has 0 aliphatic heterocycles. The average Bonchev–Trinajstić information content (AvgIpc) is 3.08. The van der Waals surface area contributed by atoms with Gasteiger partial charge in [-0.2, -0.15) is 0 Å². The predicted octanol–water partition coefficient (Wildman–Crippen LogP) is 3.20. The Labute approximate surface area is 147 Å². The van der Waals surface area contributed by atoms with Crippen molar-refractivity contribution in [3.8, 4) is 5.75 Å². The van der Waals surface area contributed by atoms with Crippen LogP contribution in [0.2, 0.25) is 0 Å². The molecule has 5 nitrogen and oxygen atoms in total. The van der Waals surface area contributed by atoms with Crippen LogP contribution in [0.4, 0.5) is 4.79 Å². The minimum absolute atomic E-state index is 0.0822. The van der Waals surface area contributed by atoms with E-state index in [0.717, 1.165) is 11.3 Å². The number of likely N-dealkylation sites (N-methyl/N-ethyl adjacent to an activating group) is 1. The molecule has 1 aromatic heterocycles. The van der Waals surface area contributed by atoms with Crippen LogP contribution in [0.15, 0.2) is 41.8 Å². The van der Waals surface area contributed by atoms with E-state index in [-0.39, 0.29) is 12.1 Å². The third kappa shape index (κ3) is 4.97. The molecule has 6 heteroatoms. The average molecular weight is 347 g/mol. The highest BCUT2D eigenvalue weighted by molar-refractivity contribution is 7.10. The first kappa shape index (κ1) is 18.3. The van der Waals surface area contributed by atoms with Crippen molar-refractivity contribution in [3.63, 3.8) is 0 Å². The molecule has 0 aliphatic rings. The molecule has 0 spiro atoms. The fourth-order valence-corrected chi connectivity index (χ4v) is 3.38. The van der Waals surface area contributed by atoms with Crippen molar-refractivity contribution in [2.45, 2.75) is 12.6 Å². The zero-order valence-corrected chi connectivity index (χ0v) is 15.5. The van der Waals surface area contributed by atoms with Crippen LogP contribution in [0.5, 0.6) is 5.75 Å². The van der Waals surface area contributed by atoms with Gasteiger partial charge in [0.2, 0.25) is 0 Å². The fourth-order valence-electron chi connectivity index (χ4n) is 2.45. The predicted molar refractivity (Wildman–Crippen MR) is 98.6 cm³/mol. The Morgan fingerprint density at radius 3 is 2.67 bits per heavy atom. The Kier molecular flexibility index (Phi) is 6.63. The van der Waals surface area contributed by atoms with E-state index in [9.17, 15) is 4.79 Å². The lowest BCUT2D eigenvalue weighted by molar-refractivity contribution is 0.201. The van der Waals surface area contributed by atoms with Gasteiger partial charge in [-0.25, -0.2) is 4.79 Å². The van der Waals surface area contributed by atoms with E-state index in [1.165, 1.54) is 4.88 Å². The van der Waals surface area contributed by atoms with Gasteiger partial charge in [-0.15, -0.1) is 11.3 Å². The Hall–Kier alpha value is -2.05. The van der Waals surface area contributed by atoms with Gasteiger partial charge in [0, 0.05) is 25.0 Å². The summed E-state index contributed by atoms with van der Waals surface area (Å²) in [6.07, 6.45) is 0. The molecular formula is C18H25N3O2S. The van der Waals surface area contributed by atoms with Crippen LogP contribution in [0, 0.1) is 0 Å². The molecule has 0 saturated heterocycles. The summed E-state index contributed by atoms with van der Waals surface area (Å²) in [5.74, 6) is 0.798. The number of carbonyl (C=O) groups excluding carboxylic acids is 1. The van der Waals surface area contributed by atoms with Crippen molar-refractivity contribution in [1.82, 2.24) is 15.1 Å². The molecule has 0 aliphatic carbocycles. The number of rotatable bonds is 7. The third-order valence-electron chi connectivity index (χ3n) is 3.84. The molecule has 2 aromatic rings. The zero-order chi connectivity index (χ0) is 17.5. The summed E-state index contributed by atoms with van der Waals surface area (Å²) < 4.78 is 5.22. The highest BCUT2D eigenvalue weighted by Gasteiger charge is 2.17. The zero-order valence-electron chi connectivity index (χ0n) is 14.7.